The van der Waals surface area contributed by atoms with Crippen molar-refractivity contribution in [3.63, 3.8) is 0 Å². The zero-order valence-electron chi connectivity index (χ0n) is 20.6. The second-order valence-electron chi connectivity index (χ2n) is 8.51. The summed E-state index contributed by atoms with van der Waals surface area (Å²) in [7, 11) is 0. The first-order chi connectivity index (χ1) is 16.7. The van der Waals surface area contributed by atoms with Crippen LogP contribution < -0.4 is 0 Å². The Morgan fingerprint density at radius 2 is 1.77 bits per heavy atom. The summed E-state index contributed by atoms with van der Waals surface area (Å²) < 4.78 is 14.0. The highest BCUT2D eigenvalue weighted by molar-refractivity contribution is 5.99. The minimum Gasteiger partial charge on any atom is -0.478 e. The average molecular weight is 472 g/mol. The van der Waals surface area contributed by atoms with Crippen LogP contribution in [0.2, 0.25) is 0 Å². The fourth-order valence-corrected chi connectivity index (χ4v) is 3.73. The second kappa shape index (κ2) is 11.4. The van der Waals surface area contributed by atoms with Crippen LogP contribution in [0, 0.1) is 12.7 Å². The number of rotatable bonds is 9. The van der Waals surface area contributed by atoms with Crippen molar-refractivity contribution < 1.29 is 19.1 Å². The number of hydrogen-bond donors (Lipinski definition) is 1. The number of carbonyl (C=O) groups is 1. The summed E-state index contributed by atoms with van der Waals surface area (Å²) in [5.41, 5.74) is 7.34. The van der Waals surface area contributed by atoms with Crippen LogP contribution in [0.1, 0.15) is 59.8 Å². The number of aromatic carboxylic acids is 1. The van der Waals surface area contributed by atoms with E-state index in [0.29, 0.717) is 17.0 Å². The normalized spacial score (nSPS) is 11.9. The standard InChI is InChI=1S/C30H30FNO3/c1-6-19(2)11-12-25-17-24(14-15-27(25)26-10-8-7-9-20(26)3)22(5)35-32-21(4)23-13-16-28(30(33)34)29(31)18-23/h6-10,13-18H,5,11-12H2,1-4H3,(H,33,34)/b19-6+,32-21+. The minimum atomic E-state index is -1.32. The lowest BCUT2D eigenvalue weighted by atomic mass is 9.91. The smallest absolute Gasteiger partial charge is 0.338 e. The van der Waals surface area contributed by atoms with Crippen molar-refractivity contribution in [1.29, 1.82) is 0 Å². The van der Waals surface area contributed by atoms with E-state index in [1.807, 2.05) is 25.1 Å². The Bertz CT molecular complexity index is 1320. The predicted octanol–water partition coefficient (Wildman–Crippen LogP) is 7.81. The fraction of sp³-hybridized carbons (Fsp3) is 0.200. The maximum atomic E-state index is 14.0. The van der Waals surface area contributed by atoms with Crippen molar-refractivity contribution in [2.24, 2.45) is 5.16 Å². The van der Waals surface area contributed by atoms with Gasteiger partial charge in [0.1, 0.15) is 5.82 Å². The molecule has 0 aromatic heterocycles. The molecule has 0 spiro atoms. The number of carboxylic acids is 1. The van der Waals surface area contributed by atoms with Gasteiger partial charge < -0.3 is 9.94 Å². The topological polar surface area (TPSA) is 58.9 Å². The van der Waals surface area contributed by atoms with Gasteiger partial charge in [-0.25, -0.2) is 9.18 Å². The van der Waals surface area contributed by atoms with Crippen LogP contribution in [0.15, 0.2) is 84.0 Å². The molecule has 0 atom stereocenters. The van der Waals surface area contributed by atoms with E-state index >= 15 is 0 Å². The number of carboxylic acid groups (broad SMARTS) is 1. The molecule has 35 heavy (non-hydrogen) atoms. The molecular formula is C30H30FNO3. The quantitative estimate of drug-likeness (QED) is 0.150. The molecule has 1 N–H and O–H groups in total. The van der Waals surface area contributed by atoms with E-state index in [2.05, 4.69) is 55.9 Å². The summed E-state index contributed by atoms with van der Waals surface area (Å²) in [6.45, 7) is 12.0. The first kappa shape index (κ1) is 25.6. The van der Waals surface area contributed by atoms with Gasteiger partial charge in [0.05, 0.1) is 11.3 Å². The van der Waals surface area contributed by atoms with Crippen molar-refractivity contribution in [3.05, 3.63) is 113 Å². The van der Waals surface area contributed by atoms with Crippen LogP contribution >= 0.6 is 0 Å². The van der Waals surface area contributed by atoms with Gasteiger partial charge in [-0.3, -0.25) is 0 Å². The molecule has 0 radical (unpaired) electrons. The van der Waals surface area contributed by atoms with Gasteiger partial charge in [0.15, 0.2) is 5.76 Å². The summed E-state index contributed by atoms with van der Waals surface area (Å²) in [6.07, 6.45) is 3.95. The van der Waals surface area contributed by atoms with Gasteiger partial charge in [-0.15, -0.1) is 0 Å². The third-order valence-electron chi connectivity index (χ3n) is 6.05. The molecule has 0 aliphatic rings. The zero-order chi connectivity index (χ0) is 25.5. The zero-order valence-corrected chi connectivity index (χ0v) is 20.6. The summed E-state index contributed by atoms with van der Waals surface area (Å²) in [6, 6.07) is 18.3. The molecule has 0 aliphatic heterocycles. The molecule has 3 aromatic carbocycles. The number of aryl methyl sites for hydroxylation is 2. The molecule has 180 valence electrons. The van der Waals surface area contributed by atoms with E-state index in [1.54, 1.807) is 6.92 Å². The molecule has 0 saturated carbocycles. The van der Waals surface area contributed by atoms with Gasteiger partial charge in [-0.05, 0) is 81.0 Å². The van der Waals surface area contributed by atoms with E-state index in [0.717, 1.165) is 24.5 Å². The Kier molecular flexibility index (Phi) is 8.37. The maximum Gasteiger partial charge on any atom is 0.338 e. The average Bonchev–Trinajstić information content (AvgIpc) is 2.85. The maximum absolute atomic E-state index is 14.0. The van der Waals surface area contributed by atoms with Gasteiger partial charge in [0.2, 0.25) is 0 Å². The van der Waals surface area contributed by atoms with E-state index < -0.39 is 11.8 Å². The third-order valence-corrected chi connectivity index (χ3v) is 6.05. The number of halogens is 1. The molecule has 0 saturated heterocycles. The molecule has 0 fully saturated rings. The Labute approximate surface area is 206 Å². The minimum absolute atomic E-state index is 0.368. The van der Waals surface area contributed by atoms with Gasteiger partial charge in [0.25, 0.3) is 0 Å². The van der Waals surface area contributed by atoms with Crippen molar-refractivity contribution >= 4 is 17.4 Å². The van der Waals surface area contributed by atoms with E-state index in [4.69, 9.17) is 9.94 Å². The molecule has 0 bridgehead atoms. The van der Waals surface area contributed by atoms with Crippen molar-refractivity contribution in [1.82, 2.24) is 0 Å². The van der Waals surface area contributed by atoms with Gasteiger partial charge in [-0.1, -0.05) is 65.8 Å². The lowest BCUT2D eigenvalue weighted by Crippen LogP contribution is -2.04. The summed E-state index contributed by atoms with van der Waals surface area (Å²) in [5.74, 6) is -1.77. The predicted molar refractivity (Wildman–Crippen MR) is 140 cm³/mol. The van der Waals surface area contributed by atoms with Crippen LogP contribution in [-0.2, 0) is 11.3 Å². The number of nitrogens with zero attached hydrogens (tertiary/aromatic N) is 1. The molecule has 0 aliphatic carbocycles. The molecule has 4 nitrogen and oxygen atoms in total. The van der Waals surface area contributed by atoms with Crippen molar-refractivity contribution in [2.75, 3.05) is 0 Å². The Hall–Kier alpha value is -3.99. The number of oxime groups is 1. The van der Waals surface area contributed by atoms with Crippen molar-refractivity contribution in [3.8, 4) is 11.1 Å². The Balaban J connectivity index is 1.87. The first-order valence-corrected chi connectivity index (χ1v) is 11.5. The summed E-state index contributed by atoms with van der Waals surface area (Å²) >= 11 is 0. The van der Waals surface area contributed by atoms with Crippen LogP contribution in [-0.4, -0.2) is 16.8 Å². The highest BCUT2D eigenvalue weighted by atomic mass is 19.1. The van der Waals surface area contributed by atoms with Crippen LogP contribution in [0.5, 0.6) is 0 Å². The highest BCUT2D eigenvalue weighted by Gasteiger charge is 2.13. The van der Waals surface area contributed by atoms with Crippen LogP contribution in [0.3, 0.4) is 0 Å². The van der Waals surface area contributed by atoms with Gasteiger partial charge >= 0.3 is 5.97 Å². The van der Waals surface area contributed by atoms with E-state index in [1.165, 1.54) is 40.0 Å². The molecular weight excluding hydrogens is 441 g/mol. The fourth-order valence-electron chi connectivity index (χ4n) is 3.73. The summed E-state index contributed by atoms with van der Waals surface area (Å²) in [5, 5.41) is 13.1. The highest BCUT2D eigenvalue weighted by Crippen LogP contribution is 2.31. The summed E-state index contributed by atoms with van der Waals surface area (Å²) in [4.78, 5) is 16.6. The number of benzene rings is 3. The SMILES string of the molecule is C=C(O/N=C(\C)c1ccc(C(=O)O)c(F)c1)c1ccc(-c2ccccc2C)c(CC/C(C)=C/C)c1. The van der Waals surface area contributed by atoms with Crippen LogP contribution in [0.4, 0.5) is 4.39 Å². The lowest BCUT2D eigenvalue weighted by molar-refractivity contribution is 0.0692. The Morgan fingerprint density at radius 1 is 1.06 bits per heavy atom. The molecule has 0 amide bonds. The Morgan fingerprint density at radius 3 is 2.43 bits per heavy atom. The van der Waals surface area contributed by atoms with Crippen LogP contribution in [0.25, 0.3) is 16.9 Å². The van der Waals surface area contributed by atoms with Gasteiger partial charge in [-0.2, -0.15) is 0 Å². The van der Waals surface area contributed by atoms with E-state index in [-0.39, 0.29) is 5.56 Å². The molecule has 3 rings (SSSR count). The molecule has 3 aromatic rings. The second-order valence-corrected chi connectivity index (χ2v) is 8.51. The first-order valence-electron chi connectivity index (χ1n) is 11.5. The third kappa shape index (κ3) is 6.33. The molecule has 0 heterocycles. The molecule has 0 unspecified atom stereocenters. The number of allylic oxidation sites excluding steroid dienone is 2. The van der Waals surface area contributed by atoms with Crippen molar-refractivity contribution in [2.45, 2.75) is 40.5 Å². The van der Waals surface area contributed by atoms with E-state index in [9.17, 15) is 9.18 Å². The largest absolute Gasteiger partial charge is 0.478 e. The number of hydrogen-bond acceptors (Lipinski definition) is 3. The lowest BCUT2D eigenvalue weighted by Gasteiger charge is -2.15. The monoisotopic (exact) mass is 471 g/mol. The van der Waals surface area contributed by atoms with Gasteiger partial charge in [0, 0.05) is 11.1 Å². The molecule has 5 heteroatoms.